The molecule has 1 aliphatic rings. The van der Waals surface area contributed by atoms with Crippen LogP contribution in [0.25, 0.3) is 0 Å². The number of carbonyl (C=O) groups is 5. The number of amides is 2. The molecule has 0 aliphatic carbocycles. The molecule has 0 saturated carbocycles. The van der Waals surface area contributed by atoms with Crippen molar-refractivity contribution in [3.05, 3.63) is 154 Å². The van der Waals surface area contributed by atoms with E-state index in [1.54, 1.807) is 24.3 Å². The third-order valence-corrected chi connectivity index (χ3v) is 10.9. The van der Waals surface area contributed by atoms with Gasteiger partial charge < -0.3 is 39.4 Å². The molecule has 0 radical (unpaired) electrons. The molecule has 0 bridgehead atoms. The third kappa shape index (κ3) is 12.7. The van der Waals surface area contributed by atoms with Crippen molar-refractivity contribution in [2.24, 2.45) is 0 Å². The van der Waals surface area contributed by atoms with Crippen molar-refractivity contribution in [1.82, 2.24) is 10.2 Å². The van der Waals surface area contributed by atoms with Crippen LogP contribution in [0.5, 0.6) is 23.0 Å². The predicted octanol–water partition coefficient (Wildman–Crippen LogP) is 9.22. The molecule has 1 aliphatic heterocycles. The number of hydrogen-bond donors (Lipinski definition) is 3. The van der Waals surface area contributed by atoms with Gasteiger partial charge in [-0.3, -0.25) is 14.4 Å². The van der Waals surface area contributed by atoms with Crippen molar-refractivity contribution in [3.8, 4) is 23.0 Å². The summed E-state index contributed by atoms with van der Waals surface area (Å²) in [5.41, 5.74) is 1.08. The fourth-order valence-electron chi connectivity index (χ4n) is 7.40. The van der Waals surface area contributed by atoms with Gasteiger partial charge in [-0.05, 0) is 60.0 Å². The Bertz CT molecular complexity index is 2350. The van der Waals surface area contributed by atoms with E-state index < -0.39 is 47.4 Å². The van der Waals surface area contributed by atoms with Crippen molar-refractivity contribution in [2.75, 3.05) is 19.7 Å². The Morgan fingerprint density at radius 2 is 1.34 bits per heavy atom. The molecule has 5 aromatic carbocycles. The Morgan fingerprint density at radius 1 is 0.688 bits per heavy atom. The lowest BCUT2D eigenvalue weighted by Crippen LogP contribution is -2.44. The molecular formula is C51H54N2O11. The predicted molar refractivity (Wildman–Crippen MR) is 239 cm³/mol. The number of likely N-dealkylation sites (tertiary alicyclic amines) is 1. The normalized spacial score (nSPS) is 14.4. The zero-order chi connectivity index (χ0) is 45.3. The Hall–Kier alpha value is -7.15. The number of phenolic OH excluding ortho intramolecular Hbond substituents is 2. The van der Waals surface area contributed by atoms with Gasteiger partial charge in [-0.2, -0.15) is 0 Å². The second-order valence-electron chi connectivity index (χ2n) is 15.6. The molecule has 3 N–H and O–H groups in total. The number of rotatable bonds is 22. The molecule has 2 amide bonds. The van der Waals surface area contributed by atoms with Gasteiger partial charge in [0.15, 0.2) is 6.29 Å². The second-order valence-corrected chi connectivity index (χ2v) is 15.6. The topological polar surface area (TPSA) is 178 Å². The van der Waals surface area contributed by atoms with Crippen LogP contribution in [0.3, 0.4) is 0 Å². The van der Waals surface area contributed by atoms with E-state index in [9.17, 15) is 34.2 Å². The minimum Gasteiger partial charge on any atom is -0.507 e. The quantitative estimate of drug-likeness (QED) is 0.0261. The lowest BCUT2D eigenvalue weighted by atomic mass is 9.95. The highest BCUT2D eigenvalue weighted by molar-refractivity contribution is 6.17. The van der Waals surface area contributed by atoms with Crippen molar-refractivity contribution in [3.63, 3.8) is 0 Å². The first-order valence-corrected chi connectivity index (χ1v) is 21.7. The van der Waals surface area contributed by atoms with Crippen LogP contribution < -0.4 is 14.8 Å². The number of ketones is 1. The molecule has 5 aromatic rings. The fourth-order valence-corrected chi connectivity index (χ4v) is 7.40. The summed E-state index contributed by atoms with van der Waals surface area (Å²) in [7, 11) is 0. The minimum atomic E-state index is -1.07. The maximum Gasteiger partial charge on any atom is 0.410 e. The number of benzene rings is 5. The summed E-state index contributed by atoms with van der Waals surface area (Å²) < 4.78 is 23.5. The van der Waals surface area contributed by atoms with Crippen LogP contribution in [0, 0.1) is 0 Å². The van der Waals surface area contributed by atoms with Crippen molar-refractivity contribution in [2.45, 2.75) is 83.6 Å². The number of aromatic hydroxyl groups is 2. The molecule has 13 nitrogen and oxygen atoms in total. The van der Waals surface area contributed by atoms with Gasteiger partial charge in [0.2, 0.25) is 5.78 Å². The van der Waals surface area contributed by atoms with Crippen LogP contribution >= 0.6 is 0 Å². The average Bonchev–Trinajstić information content (AvgIpc) is 3.71. The Labute approximate surface area is 372 Å². The van der Waals surface area contributed by atoms with Gasteiger partial charge in [-0.15, -0.1) is 0 Å². The summed E-state index contributed by atoms with van der Waals surface area (Å²) in [4.78, 5) is 68.2. The molecule has 13 heteroatoms. The number of unbranched alkanes of at least 4 members (excludes halogenated alkanes) is 7. The van der Waals surface area contributed by atoms with E-state index in [1.165, 1.54) is 42.0 Å². The van der Waals surface area contributed by atoms with E-state index in [1.807, 2.05) is 60.7 Å². The van der Waals surface area contributed by atoms with E-state index in [-0.39, 0.29) is 54.3 Å². The number of nitrogens with one attached hydrogen (secondary N) is 1. The van der Waals surface area contributed by atoms with Crippen LogP contribution in [0.4, 0.5) is 4.79 Å². The van der Waals surface area contributed by atoms with Gasteiger partial charge in [0.05, 0.1) is 30.3 Å². The zero-order valence-corrected chi connectivity index (χ0v) is 35.9. The standard InChI is InChI=1S/C51H54N2O11/c1-2-3-4-5-6-7-8-15-27-61-44-29-39(28-43(56)47(44)48(57)46-38(32-54)21-16-22-42(46)55)50(59)64-45-31-53(51(60)63-34-36-19-13-10-14-20-36)30-41(45)52-49(58)37-23-25-40(26-24-37)62-33-35-17-11-9-12-18-35/h9-14,16-26,28-29,32,41,45,55-56H,2-8,15,27,30-31,33-34H2,1H3,(H,52,58)/t41-,45-/m1/s1. The minimum absolute atomic E-state index is 0.00246. The van der Waals surface area contributed by atoms with E-state index in [0.717, 1.165) is 49.3 Å². The number of nitrogens with zero attached hydrogens (tertiary/aromatic N) is 1. The summed E-state index contributed by atoms with van der Waals surface area (Å²) in [6.45, 7) is 2.46. The molecule has 1 fully saturated rings. The van der Waals surface area contributed by atoms with Gasteiger partial charge in [0.25, 0.3) is 5.91 Å². The van der Waals surface area contributed by atoms with Gasteiger partial charge in [-0.25, -0.2) is 9.59 Å². The lowest BCUT2D eigenvalue weighted by Gasteiger charge is -2.21. The highest BCUT2D eigenvalue weighted by Gasteiger charge is 2.40. The van der Waals surface area contributed by atoms with Crippen LogP contribution in [0.1, 0.15) is 116 Å². The second kappa shape index (κ2) is 23.3. The van der Waals surface area contributed by atoms with Gasteiger partial charge >= 0.3 is 12.1 Å². The highest BCUT2D eigenvalue weighted by Crippen LogP contribution is 2.36. The van der Waals surface area contributed by atoms with Crippen LogP contribution in [-0.4, -0.2) is 77.0 Å². The molecule has 1 heterocycles. The number of esters is 1. The number of ether oxygens (including phenoxy) is 4. The molecule has 0 spiro atoms. The first-order chi connectivity index (χ1) is 31.1. The summed E-state index contributed by atoms with van der Waals surface area (Å²) in [6.07, 6.45) is 6.88. The maximum absolute atomic E-state index is 14.0. The van der Waals surface area contributed by atoms with Gasteiger partial charge in [-0.1, -0.05) is 125 Å². The Balaban J connectivity index is 1.20. The summed E-state index contributed by atoms with van der Waals surface area (Å²) >= 11 is 0. The van der Waals surface area contributed by atoms with Crippen LogP contribution in [-0.2, 0) is 22.7 Å². The Kier molecular flexibility index (Phi) is 16.9. The molecule has 2 atom stereocenters. The van der Waals surface area contributed by atoms with E-state index >= 15 is 0 Å². The first-order valence-electron chi connectivity index (χ1n) is 21.7. The van der Waals surface area contributed by atoms with Crippen molar-refractivity contribution < 1.29 is 53.1 Å². The monoisotopic (exact) mass is 870 g/mol. The summed E-state index contributed by atoms with van der Waals surface area (Å²) in [6, 6.07) is 30.8. The lowest BCUT2D eigenvalue weighted by molar-refractivity contribution is 0.0259. The van der Waals surface area contributed by atoms with Gasteiger partial charge in [0.1, 0.15) is 47.9 Å². The van der Waals surface area contributed by atoms with E-state index in [0.29, 0.717) is 30.6 Å². The molecule has 1 saturated heterocycles. The number of aldehydes is 1. The number of phenols is 2. The highest BCUT2D eigenvalue weighted by atomic mass is 16.6. The summed E-state index contributed by atoms with van der Waals surface area (Å²) in [5.74, 6) is -3.03. The maximum atomic E-state index is 14.0. The summed E-state index contributed by atoms with van der Waals surface area (Å²) in [5, 5.41) is 24.9. The van der Waals surface area contributed by atoms with Gasteiger partial charge in [0, 0.05) is 17.7 Å². The average molecular weight is 871 g/mol. The third-order valence-electron chi connectivity index (χ3n) is 10.9. The van der Waals surface area contributed by atoms with Crippen LogP contribution in [0.15, 0.2) is 115 Å². The Morgan fingerprint density at radius 3 is 2.02 bits per heavy atom. The zero-order valence-electron chi connectivity index (χ0n) is 35.9. The molecule has 0 unspecified atom stereocenters. The number of carbonyl (C=O) groups excluding carboxylic acids is 5. The van der Waals surface area contributed by atoms with Crippen molar-refractivity contribution >= 4 is 30.0 Å². The molecular weight excluding hydrogens is 817 g/mol. The molecule has 0 aromatic heterocycles. The molecule has 64 heavy (non-hydrogen) atoms. The smallest absolute Gasteiger partial charge is 0.410 e. The fraction of sp³-hybridized carbons (Fsp3) is 0.314. The SMILES string of the molecule is CCCCCCCCCCOc1cc(C(=O)O[C@@H]2CN(C(=O)OCc3ccccc3)C[C@H]2NC(=O)c2ccc(OCc3ccccc3)cc2)cc(O)c1C(=O)c1c(O)cccc1C=O. The number of hydrogen-bond acceptors (Lipinski definition) is 11. The van der Waals surface area contributed by atoms with Crippen LogP contribution in [0.2, 0.25) is 0 Å². The molecule has 6 rings (SSSR count). The van der Waals surface area contributed by atoms with E-state index in [4.69, 9.17) is 18.9 Å². The van der Waals surface area contributed by atoms with Crippen molar-refractivity contribution in [1.29, 1.82) is 0 Å². The van der Waals surface area contributed by atoms with E-state index in [2.05, 4.69) is 12.2 Å². The first kappa shape index (κ1) is 46.4. The largest absolute Gasteiger partial charge is 0.507 e. The molecule has 334 valence electrons.